The Labute approximate surface area is 135 Å². The molecule has 2 aromatic carbocycles. The van der Waals surface area contributed by atoms with E-state index >= 15 is 0 Å². The zero-order valence-electron chi connectivity index (χ0n) is 13.1. The molecular weight excluding hydrogens is 292 g/mol. The van der Waals surface area contributed by atoms with Gasteiger partial charge in [0, 0.05) is 0 Å². The van der Waals surface area contributed by atoms with Crippen molar-refractivity contribution in [3.8, 4) is 11.5 Å². The number of ether oxygens (including phenoxy) is 1. The van der Waals surface area contributed by atoms with Crippen molar-refractivity contribution < 1.29 is 19.4 Å². The number of carbonyl (C=O) groups is 2. The van der Waals surface area contributed by atoms with Crippen LogP contribution in [-0.4, -0.2) is 23.8 Å². The first kappa shape index (κ1) is 16.5. The minimum Gasteiger partial charge on any atom is -0.507 e. The van der Waals surface area contributed by atoms with E-state index in [2.05, 4.69) is 0 Å². The van der Waals surface area contributed by atoms with Crippen LogP contribution in [0, 0.1) is 6.92 Å². The molecule has 2 aromatic rings. The summed E-state index contributed by atoms with van der Waals surface area (Å²) in [5.41, 5.74) is 1.87. The minimum absolute atomic E-state index is 0.104. The number of rotatable bonds is 6. The lowest BCUT2D eigenvalue weighted by Gasteiger charge is -2.03. The van der Waals surface area contributed by atoms with E-state index in [1.54, 1.807) is 37.5 Å². The van der Waals surface area contributed by atoms with Crippen LogP contribution >= 0.6 is 0 Å². The molecule has 0 saturated carbocycles. The second-order valence-corrected chi connectivity index (χ2v) is 5.19. The zero-order chi connectivity index (χ0) is 16.8. The van der Waals surface area contributed by atoms with Crippen molar-refractivity contribution in [2.75, 3.05) is 7.11 Å². The van der Waals surface area contributed by atoms with E-state index in [4.69, 9.17) is 4.74 Å². The Balaban J connectivity index is 2.02. The van der Waals surface area contributed by atoms with Crippen LogP contribution in [0.15, 0.2) is 48.5 Å². The third-order valence-corrected chi connectivity index (χ3v) is 3.36. The molecule has 0 aromatic heterocycles. The lowest BCUT2D eigenvalue weighted by Crippen LogP contribution is -2.06. The molecule has 0 unspecified atom stereocenters. The van der Waals surface area contributed by atoms with Gasteiger partial charge in [0.1, 0.15) is 11.5 Å². The highest BCUT2D eigenvalue weighted by Gasteiger charge is 2.14. The number of phenolic OH excluding ortho intramolecular Hbond substituents is 1. The van der Waals surface area contributed by atoms with Gasteiger partial charge in [-0.05, 0) is 42.8 Å². The van der Waals surface area contributed by atoms with Crippen LogP contribution < -0.4 is 4.74 Å². The molecule has 0 aliphatic carbocycles. The fraction of sp³-hybridized carbons (Fsp3) is 0.158. The van der Waals surface area contributed by atoms with Crippen molar-refractivity contribution in [3.63, 3.8) is 0 Å². The van der Waals surface area contributed by atoms with Crippen LogP contribution in [0.5, 0.6) is 11.5 Å². The lowest BCUT2D eigenvalue weighted by molar-refractivity contribution is -0.113. The summed E-state index contributed by atoms with van der Waals surface area (Å²) in [6.45, 7) is 1.82. The van der Waals surface area contributed by atoms with Crippen molar-refractivity contribution in [2.45, 2.75) is 13.3 Å². The Bertz CT molecular complexity index is 742. The third kappa shape index (κ3) is 4.54. The van der Waals surface area contributed by atoms with Gasteiger partial charge in [0.25, 0.3) is 0 Å². The van der Waals surface area contributed by atoms with Gasteiger partial charge in [-0.25, -0.2) is 0 Å². The number of ketones is 2. The molecule has 0 bridgehead atoms. The summed E-state index contributed by atoms with van der Waals surface area (Å²) in [6, 6.07) is 12.0. The summed E-state index contributed by atoms with van der Waals surface area (Å²) in [7, 11) is 1.58. The molecule has 0 radical (unpaired) electrons. The van der Waals surface area contributed by atoms with Crippen molar-refractivity contribution in [1.29, 1.82) is 0 Å². The summed E-state index contributed by atoms with van der Waals surface area (Å²) in [5, 5.41) is 9.71. The van der Waals surface area contributed by atoms with E-state index in [1.807, 2.05) is 19.1 Å². The highest BCUT2D eigenvalue weighted by Crippen LogP contribution is 2.20. The Morgan fingerprint density at radius 1 is 1.13 bits per heavy atom. The third-order valence-electron chi connectivity index (χ3n) is 3.36. The fourth-order valence-electron chi connectivity index (χ4n) is 2.09. The maximum Gasteiger partial charge on any atom is 0.174 e. The van der Waals surface area contributed by atoms with Gasteiger partial charge >= 0.3 is 0 Å². The summed E-state index contributed by atoms with van der Waals surface area (Å²) >= 11 is 0. The molecule has 0 amide bonds. The van der Waals surface area contributed by atoms with Crippen LogP contribution in [0.4, 0.5) is 0 Å². The molecule has 4 heteroatoms. The highest BCUT2D eigenvalue weighted by atomic mass is 16.5. The van der Waals surface area contributed by atoms with Gasteiger partial charge in [0.05, 0.1) is 19.1 Å². The van der Waals surface area contributed by atoms with Crippen LogP contribution in [0.3, 0.4) is 0 Å². The van der Waals surface area contributed by atoms with Gasteiger partial charge in [-0.3, -0.25) is 9.59 Å². The van der Waals surface area contributed by atoms with Gasteiger partial charge in [-0.2, -0.15) is 0 Å². The number of aryl methyl sites for hydroxylation is 1. The first-order valence-corrected chi connectivity index (χ1v) is 7.17. The molecule has 0 heterocycles. The number of allylic oxidation sites excluding steroid dienone is 1. The van der Waals surface area contributed by atoms with E-state index in [9.17, 15) is 14.7 Å². The number of carbonyl (C=O) groups excluding carboxylic acids is 2. The van der Waals surface area contributed by atoms with E-state index in [-0.39, 0.29) is 23.5 Å². The normalized spacial score (nSPS) is 10.7. The van der Waals surface area contributed by atoms with Crippen LogP contribution in [0.2, 0.25) is 0 Å². The van der Waals surface area contributed by atoms with Gasteiger partial charge in [0.15, 0.2) is 11.6 Å². The predicted molar refractivity (Wildman–Crippen MR) is 88.8 cm³/mol. The quantitative estimate of drug-likeness (QED) is 0.503. The van der Waals surface area contributed by atoms with Crippen LogP contribution in [0.1, 0.15) is 27.9 Å². The average Bonchev–Trinajstić information content (AvgIpc) is 2.55. The van der Waals surface area contributed by atoms with Crippen molar-refractivity contribution in [2.24, 2.45) is 0 Å². The summed E-state index contributed by atoms with van der Waals surface area (Å²) in [6.07, 6.45) is 2.74. The zero-order valence-corrected chi connectivity index (χ0v) is 13.1. The monoisotopic (exact) mass is 310 g/mol. The molecule has 0 spiro atoms. The van der Waals surface area contributed by atoms with Crippen molar-refractivity contribution in [1.82, 2.24) is 0 Å². The van der Waals surface area contributed by atoms with Gasteiger partial charge in [-0.15, -0.1) is 0 Å². The smallest absolute Gasteiger partial charge is 0.174 e. The lowest BCUT2D eigenvalue weighted by atomic mass is 10.0. The molecule has 0 fully saturated rings. The maximum atomic E-state index is 12.1. The molecule has 2 rings (SSSR count). The Morgan fingerprint density at radius 2 is 1.83 bits per heavy atom. The summed E-state index contributed by atoms with van der Waals surface area (Å²) in [4.78, 5) is 24.0. The van der Waals surface area contributed by atoms with Crippen LogP contribution in [0.25, 0.3) is 6.08 Å². The Morgan fingerprint density at radius 3 is 2.48 bits per heavy atom. The molecule has 23 heavy (non-hydrogen) atoms. The van der Waals surface area contributed by atoms with Gasteiger partial charge < -0.3 is 9.84 Å². The second kappa shape index (κ2) is 7.40. The van der Waals surface area contributed by atoms with Crippen molar-refractivity contribution >= 4 is 17.6 Å². The second-order valence-electron chi connectivity index (χ2n) is 5.19. The topological polar surface area (TPSA) is 63.6 Å². The van der Waals surface area contributed by atoms with Crippen molar-refractivity contribution in [3.05, 3.63) is 65.2 Å². The molecule has 0 saturated heterocycles. The maximum absolute atomic E-state index is 12.1. The molecule has 0 atom stereocenters. The SMILES string of the molecule is COc1ccc(/C=C/C(=O)CC(=O)c2cc(C)ccc2O)cc1. The average molecular weight is 310 g/mol. The largest absolute Gasteiger partial charge is 0.507 e. The molecule has 1 N–H and O–H groups in total. The number of hydrogen-bond acceptors (Lipinski definition) is 4. The number of benzene rings is 2. The number of aromatic hydroxyl groups is 1. The first-order chi connectivity index (χ1) is 11.0. The molecular formula is C19H18O4. The highest BCUT2D eigenvalue weighted by molar-refractivity contribution is 6.13. The molecule has 4 nitrogen and oxygen atoms in total. The Kier molecular flexibility index (Phi) is 5.31. The van der Waals surface area contributed by atoms with E-state index in [0.717, 1.165) is 16.9 Å². The number of methoxy groups -OCH3 is 1. The fourth-order valence-corrected chi connectivity index (χ4v) is 2.09. The standard InChI is InChI=1S/C19H18O4/c1-13-3-10-18(21)17(11-13)19(22)12-15(20)7-4-14-5-8-16(23-2)9-6-14/h3-11,21H,12H2,1-2H3/b7-4+. The van der Waals surface area contributed by atoms with E-state index in [0.29, 0.717) is 0 Å². The van der Waals surface area contributed by atoms with E-state index < -0.39 is 5.78 Å². The number of Topliss-reactive ketones (excluding diaryl/α,β-unsaturated/α-hetero) is 1. The predicted octanol–water partition coefficient (Wildman–Crippen LogP) is 3.56. The summed E-state index contributed by atoms with van der Waals surface area (Å²) < 4.78 is 5.06. The Hall–Kier alpha value is -2.88. The van der Waals surface area contributed by atoms with Gasteiger partial charge in [-0.1, -0.05) is 29.8 Å². The molecule has 0 aliphatic heterocycles. The summed E-state index contributed by atoms with van der Waals surface area (Å²) in [5.74, 6) is -0.0755. The first-order valence-electron chi connectivity index (χ1n) is 7.17. The number of hydrogen-bond donors (Lipinski definition) is 1. The molecule has 118 valence electrons. The van der Waals surface area contributed by atoms with Gasteiger partial charge in [0.2, 0.25) is 0 Å². The van der Waals surface area contributed by atoms with E-state index in [1.165, 1.54) is 12.1 Å². The minimum atomic E-state index is -0.393. The van der Waals surface area contributed by atoms with Crippen LogP contribution in [-0.2, 0) is 4.79 Å². The number of phenols is 1. The molecule has 0 aliphatic rings.